The second-order valence-corrected chi connectivity index (χ2v) is 4.82. The quantitative estimate of drug-likeness (QED) is 0.772. The summed E-state index contributed by atoms with van der Waals surface area (Å²) < 4.78 is 10.6. The lowest BCUT2D eigenvalue weighted by Gasteiger charge is -2.11. The molecule has 0 unspecified atom stereocenters. The topological polar surface area (TPSA) is 71.6 Å². The molecule has 1 aromatic heterocycles. The summed E-state index contributed by atoms with van der Waals surface area (Å²) in [4.78, 5) is 14.1. The highest BCUT2D eigenvalue weighted by molar-refractivity contribution is 6.01. The molecule has 0 fully saturated rings. The van der Waals surface area contributed by atoms with Gasteiger partial charge in [0.05, 0.1) is 14.2 Å². The highest BCUT2D eigenvalue weighted by atomic mass is 16.5. The molecule has 1 heterocycles. The SMILES string of the molecule is COc1ccc(-c2cccc3[nH]c(C(=O)O)cc23)c(OC)c1. The minimum Gasteiger partial charge on any atom is -0.497 e. The molecule has 0 radical (unpaired) electrons. The lowest BCUT2D eigenvalue weighted by Crippen LogP contribution is -1.94. The fourth-order valence-corrected chi connectivity index (χ4v) is 2.53. The van der Waals surface area contributed by atoms with Crippen molar-refractivity contribution in [3.05, 3.63) is 48.2 Å². The average molecular weight is 297 g/mol. The van der Waals surface area contributed by atoms with Crippen LogP contribution in [0, 0.1) is 0 Å². The number of rotatable bonds is 4. The van der Waals surface area contributed by atoms with E-state index in [0.717, 1.165) is 22.0 Å². The number of hydrogen-bond donors (Lipinski definition) is 2. The minimum absolute atomic E-state index is 0.162. The van der Waals surface area contributed by atoms with Crippen LogP contribution in [-0.4, -0.2) is 30.3 Å². The van der Waals surface area contributed by atoms with Gasteiger partial charge in [-0.05, 0) is 29.8 Å². The zero-order valence-electron chi connectivity index (χ0n) is 12.2. The van der Waals surface area contributed by atoms with Crippen molar-refractivity contribution in [3.8, 4) is 22.6 Å². The fourth-order valence-electron chi connectivity index (χ4n) is 2.53. The molecule has 3 aromatic rings. The molecule has 3 rings (SSSR count). The number of aromatic amines is 1. The normalized spacial score (nSPS) is 10.6. The van der Waals surface area contributed by atoms with E-state index < -0.39 is 5.97 Å². The predicted molar refractivity (Wildman–Crippen MR) is 83.8 cm³/mol. The predicted octanol–water partition coefficient (Wildman–Crippen LogP) is 3.55. The van der Waals surface area contributed by atoms with Crippen molar-refractivity contribution in [2.75, 3.05) is 14.2 Å². The number of carbonyl (C=O) groups is 1. The number of fused-ring (bicyclic) bond motifs is 1. The van der Waals surface area contributed by atoms with Gasteiger partial charge in [0.25, 0.3) is 0 Å². The number of H-pyrrole nitrogens is 1. The van der Waals surface area contributed by atoms with Gasteiger partial charge < -0.3 is 19.6 Å². The monoisotopic (exact) mass is 297 g/mol. The van der Waals surface area contributed by atoms with Gasteiger partial charge in [-0.15, -0.1) is 0 Å². The lowest BCUT2D eigenvalue weighted by molar-refractivity contribution is 0.0691. The van der Waals surface area contributed by atoms with Crippen molar-refractivity contribution < 1.29 is 19.4 Å². The molecule has 2 N–H and O–H groups in total. The molecule has 0 atom stereocenters. The van der Waals surface area contributed by atoms with Crippen LogP contribution in [-0.2, 0) is 0 Å². The van der Waals surface area contributed by atoms with Gasteiger partial charge in [-0.1, -0.05) is 12.1 Å². The summed E-state index contributed by atoms with van der Waals surface area (Å²) >= 11 is 0. The molecule has 2 aromatic carbocycles. The molecule has 0 aliphatic heterocycles. The number of aromatic nitrogens is 1. The van der Waals surface area contributed by atoms with Crippen LogP contribution in [0.1, 0.15) is 10.5 Å². The zero-order valence-corrected chi connectivity index (χ0v) is 12.2. The summed E-state index contributed by atoms with van der Waals surface area (Å²) in [6.07, 6.45) is 0. The molecule has 5 heteroatoms. The van der Waals surface area contributed by atoms with Crippen LogP contribution in [0.25, 0.3) is 22.0 Å². The maximum Gasteiger partial charge on any atom is 0.352 e. The first-order valence-electron chi connectivity index (χ1n) is 6.71. The molecule has 0 amide bonds. The third kappa shape index (κ3) is 2.26. The van der Waals surface area contributed by atoms with E-state index in [1.54, 1.807) is 26.4 Å². The molecule has 112 valence electrons. The van der Waals surface area contributed by atoms with Crippen molar-refractivity contribution in [2.45, 2.75) is 0 Å². The third-order valence-corrected chi connectivity index (χ3v) is 3.59. The van der Waals surface area contributed by atoms with Crippen LogP contribution in [0.15, 0.2) is 42.5 Å². The number of carboxylic acid groups (broad SMARTS) is 1. The van der Waals surface area contributed by atoms with Crippen molar-refractivity contribution >= 4 is 16.9 Å². The largest absolute Gasteiger partial charge is 0.497 e. The highest BCUT2D eigenvalue weighted by Gasteiger charge is 2.14. The van der Waals surface area contributed by atoms with Crippen LogP contribution in [0.3, 0.4) is 0 Å². The summed E-state index contributed by atoms with van der Waals surface area (Å²) in [5.74, 6) is 0.391. The van der Waals surface area contributed by atoms with Gasteiger partial charge in [0.15, 0.2) is 0 Å². The lowest BCUT2D eigenvalue weighted by atomic mass is 10.0. The van der Waals surface area contributed by atoms with Crippen LogP contribution >= 0.6 is 0 Å². The number of methoxy groups -OCH3 is 2. The van der Waals surface area contributed by atoms with Crippen LogP contribution < -0.4 is 9.47 Å². The first kappa shape index (κ1) is 14.0. The summed E-state index contributed by atoms with van der Waals surface area (Å²) in [5, 5.41) is 9.98. The fraction of sp³-hybridized carbons (Fsp3) is 0.118. The number of benzene rings is 2. The van der Waals surface area contributed by atoms with Gasteiger partial charge in [0.2, 0.25) is 0 Å². The molecule has 22 heavy (non-hydrogen) atoms. The Hall–Kier alpha value is -2.95. The average Bonchev–Trinajstić information content (AvgIpc) is 2.98. The molecule has 0 spiro atoms. The Morgan fingerprint density at radius 2 is 1.86 bits per heavy atom. The Bertz CT molecular complexity index is 851. The van der Waals surface area contributed by atoms with Gasteiger partial charge in [-0.25, -0.2) is 4.79 Å². The van der Waals surface area contributed by atoms with Gasteiger partial charge in [-0.2, -0.15) is 0 Å². The number of ether oxygens (including phenoxy) is 2. The van der Waals surface area contributed by atoms with Gasteiger partial charge in [-0.3, -0.25) is 0 Å². The Morgan fingerprint density at radius 3 is 2.55 bits per heavy atom. The number of hydrogen-bond acceptors (Lipinski definition) is 3. The standard InChI is InChI=1S/C17H15NO4/c1-21-10-6-7-12(16(8-10)22-2)11-4-3-5-14-13(11)9-15(18-14)17(19)20/h3-9,18H,1-2H3,(H,19,20). The Balaban J connectivity index is 2.23. The number of aromatic carboxylic acids is 1. The van der Waals surface area contributed by atoms with Crippen LogP contribution in [0.2, 0.25) is 0 Å². The first-order valence-corrected chi connectivity index (χ1v) is 6.71. The van der Waals surface area contributed by atoms with Gasteiger partial charge >= 0.3 is 5.97 Å². The molecule has 0 saturated heterocycles. The van der Waals surface area contributed by atoms with E-state index in [9.17, 15) is 4.79 Å². The molecule has 0 aliphatic carbocycles. The highest BCUT2D eigenvalue weighted by Crippen LogP contribution is 2.37. The van der Waals surface area contributed by atoms with E-state index in [2.05, 4.69) is 4.98 Å². The molecule has 0 bridgehead atoms. The summed E-state index contributed by atoms with van der Waals surface area (Å²) in [6.45, 7) is 0. The van der Waals surface area contributed by atoms with E-state index in [0.29, 0.717) is 11.5 Å². The summed E-state index contributed by atoms with van der Waals surface area (Å²) in [6, 6.07) is 12.9. The smallest absolute Gasteiger partial charge is 0.352 e. The number of carboxylic acids is 1. The molecule has 5 nitrogen and oxygen atoms in total. The minimum atomic E-state index is -0.983. The number of nitrogens with one attached hydrogen (secondary N) is 1. The second kappa shape index (κ2) is 5.44. The van der Waals surface area contributed by atoms with Crippen molar-refractivity contribution in [3.63, 3.8) is 0 Å². The third-order valence-electron chi connectivity index (χ3n) is 3.59. The molecule has 0 aliphatic rings. The van der Waals surface area contributed by atoms with E-state index in [1.807, 2.05) is 30.3 Å². The van der Waals surface area contributed by atoms with Crippen molar-refractivity contribution in [1.82, 2.24) is 4.98 Å². The van der Waals surface area contributed by atoms with Crippen molar-refractivity contribution in [2.24, 2.45) is 0 Å². The van der Waals surface area contributed by atoms with E-state index >= 15 is 0 Å². The van der Waals surface area contributed by atoms with Crippen LogP contribution in [0.4, 0.5) is 0 Å². The molecule has 0 saturated carbocycles. The maximum atomic E-state index is 11.2. The van der Waals surface area contributed by atoms with Gasteiger partial charge in [0.1, 0.15) is 17.2 Å². The zero-order chi connectivity index (χ0) is 15.7. The second-order valence-electron chi connectivity index (χ2n) is 4.82. The summed E-state index contributed by atoms with van der Waals surface area (Å²) in [7, 11) is 3.19. The van der Waals surface area contributed by atoms with Crippen molar-refractivity contribution in [1.29, 1.82) is 0 Å². The van der Waals surface area contributed by atoms with E-state index in [4.69, 9.17) is 14.6 Å². The van der Waals surface area contributed by atoms with Gasteiger partial charge in [0, 0.05) is 22.5 Å². The van der Waals surface area contributed by atoms with E-state index in [1.165, 1.54) is 0 Å². The van der Waals surface area contributed by atoms with Crippen LogP contribution in [0.5, 0.6) is 11.5 Å². The maximum absolute atomic E-state index is 11.2. The Labute approximate surface area is 127 Å². The first-order chi connectivity index (χ1) is 10.6. The molecular weight excluding hydrogens is 282 g/mol. The molecular formula is C17H15NO4. The Kier molecular flexibility index (Phi) is 3.47. The van der Waals surface area contributed by atoms with E-state index in [-0.39, 0.29) is 5.69 Å². The Morgan fingerprint density at radius 1 is 1.05 bits per heavy atom. The summed E-state index contributed by atoms with van der Waals surface area (Å²) in [5.41, 5.74) is 2.72.